The number of nitrogens with one attached hydrogen (secondary N) is 1. The number of benzene rings is 1. The number of aromatic nitrogens is 1. The molecule has 110 valence electrons. The molecular weight excluding hydrogens is 258 g/mol. The first-order chi connectivity index (χ1) is 10.4. The summed E-state index contributed by atoms with van der Waals surface area (Å²) in [5, 5.41) is 6.43. The van der Waals surface area contributed by atoms with E-state index in [9.17, 15) is 0 Å². The highest BCUT2D eigenvalue weighted by atomic mass is 15.2. The molecule has 2 aliphatic rings. The number of fused-ring (bicyclic) bond motifs is 1. The van der Waals surface area contributed by atoms with E-state index in [2.05, 4.69) is 39.5 Å². The van der Waals surface area contributed by atoms with E-state index in [-0.39, 0.29) is 0 Å². The minimum absolute atomic E-state index is 0.348. The maximum atomic E-state index is 4.34. The lowest BCUT2D eigenvalue weighted by molar-refractivity contribution is 0.355. The number of hydrogen-bond acceptors (Lipinski definition) is 3. The molecule has 1 aromatic heterocycles. The Morgan fingerprint density at radius 1 is 1.10 bits per heavy atom. The molecule has 0 atom stereocenters. The smallest absolute Gasteiger partial charge is 0.0462 e. The van der Waals surface area contributed by atoms with Crippen LogP contribution in [0.25, 0.3) is 10.8 Å². The molecule has 0 radical (unpaired) electrons. The van der Waals surface area contributed by atoms with Crippen LogP contribution in [0.4, 0.5) is 5.69 Å². The minimum atomic E-state index is 0.348. The number of rotatable bonds is 1. The van der Waals surface area contributed by atoms with E-state index in [1.807, 2.05) is 12.4 Å². The molecule has 1 aliphatic carbocycles. The Labute approximate surface area is 126 Å². The maximum absolute atomic E-state index is 4.34. The highest BCUT2D eigenvalue weighted by Crippen LogP contribution is 2.35. The monoisotopic (exact) mass is 281 g/mol. The number of anilines is 1. The fraction of sp³-hybridized carbons (Fsp3) is 0.500. The van der Waals surface area contributed by atoms with E-state index in [0.717, 1.165) is 19.6 Å². The standard InChI is InChI=1S/C18H23N3/c1-2-9-18(8-1)14-21(12-4-10-20-18)17-6-3-5-15-7-11-19-13-16(15)17/h3,5-7,11,13,20H,1-2,4,8-10,12,14H2. The Bertz CT molecular complexity index is 626. The first kappa shape index (κ1) is 13.1. The lowest BCUT2D eigenvalue weighted by Gasteiger charge is -2.35. The van der Waals surface area contributed by atoms with Gasteiger partial charge in [-0.05, 0) is 43.3 Å². The molecular formula is C18H23N3. The van der Waals surface area contributed by atoms with Crippen LogP contribution >= 0.6 is 0 Å². The second-order valence-electron chi connectivity index (χ2n) is 6.56. The molecule has 1 aromatic carbocycles. The van der Waals surface area contributed by atoms with Gasteiger partial charge in [-0.3, -0.25) is 4.98 Å². The number of nitrogens with zero attached hydrogens (tertiary/aromatic N) is 2. The van der Waals surface area contributed by atoms with Gasteiger partial charge in [0, 0.05) is 42.1 Å². The molecule has 1 N–H and O–H groups in total. The van der Waals surface area contributed by atoms with Crippen LogP contribution in [0.2, 0.25) is 0 Å². The molecule has 4 rings (SSSR count). The highest BCUT2D eigenvalue weighted by Gasteiger charge is 2.36. The summed E-state index contributed by atoms with van der Waals surface area (Å²) in [5.41, 5.74) is 1.71. The molecule has 1 aliphatic heterocycles. The van der Waals surface area contributed by atoms with Gasteiger partial charge < -0.3 is 10.2 Å². The molecule has 1 spiro atoms. The van der Waals surface area contributed by atoms with Crippen molar-refractivity contribution < 1.29 is 0 Å². The van der Waals surface area contributed by atoms with Crippen molar-refractivity contribution in [2.75, 3.05) is 24.5 Å². The van der Waals surface area contributed by atoms with Gasteiger partial charge in [0.1, 0.15) is 0 Å². The van der Waals surface area contributed by atoms with E-state index in [1.54, 1.807) is 0 Å². The average molecular weight is 281 g/mol. The molecule has 0 unspecified atom stereocenters. The number of hydrogen-bond donors (Lipinski definition) is 1. The summed E-state index contributed by atoms with van der Waals surface area (Å²) in [7, 11) is 0. The fourth-order valence-corrected chi connectivity index (χ4v) is 4.09. The second-order valence-corrected chi connectivity index (χ2v) is 6.56. The van der Waals surface area contributed by atoms with Crippen LogP contribution in [0.3, 0.4) is 0 Å². The van der Waals surface area contributed by atoms with Crippen molar-refractivity contribution in [1.29, 1.82) is 0 Å². The van der Waals surface area contributed by atoms with Gasteiger partial charge >= 0.3 is 0 Å². The third-order valence-corrected chi connectivity index (χ3v) is 5.16. The Morgan fingerprint density at radius 3 is 2.90 bits per heavy atom. The van der Waals surface area contributed by atoms with Crippen LogP contribution < -0.4 is 10.2 Å². The molecule has 2 aromatic rings. The van der Waals surface area contributed by atoms with Crippen LogP contribution in [0.1, 0.15) is 32.1 Å². The van der Waals surface area contributed by atoms with Crippen molar-refractivity contribution >= 4 is 16.5 Å². The lowest BCUT2D eigenvalue weighted by atomic mass is 9.96. The highest BCUT2D eigenvalue weighted by molar-refractivity contribution is 5.93. The van der Waals surface area contributed by atoms with Gasteiger partial charge in [0.25, 0.3) is 0 Å². The molecule has 3 nitrogen and oxygen atoms in total. The predicted octanol–water partition coefficient (Wildman–Crippen LogP) is 3.35. The van der Waals surface area contributed by atoms with Crippen molar-refractivity contribution in [2.24, 2.45) is 0 Å². The second kappa shape index (κ2) is 5.30. The van der Waals surface area contributed by atoms with E-state index >= 15 is 0 Å². The summed E-state index contributed by atoms with van der Waals surface area (Å²) in [6.07, 6.45) is 10.5. The summed E-state index contributed by atoms with van der Waals surface area (Å²) >= 11 is 0. The van der Waals surface area contributed by atoms with Gasteiger partial charge in [0.05, 0.1) is 0 Å². The predicted molar refractivity (Wildman–Crippen MR) is 87.8 cm³/mol. The molecule has 2 heterocycles. The van der Waals surface area contributed by atoms with E-state index in [0.29, 0.717) is 5.54 Å². The number of pyridine rings is 1. The minimum Gasteiger partial charge on any atom is -0.369 e. The Balaban J connectivity index is 1.73. The first-order valence-corrected chi connectivity index (χ1v) is 8.19. The van der Waals surface area contributed by atoms with E-state index in [1.165, 1.54) is 48.6 Å². The van der Waals surface area contributed by atoms with E-state index < -0.39 is 0 Å². The molecule has 1 saturated carbocycles. The van der Waals surface area contributed by atoms with Gasteiger partial charge in [-0.15, -0.1) is 0 Å². The van der Waals surface area contributed by atoms with Gasteiger partial charge in [-0.25, -0.2) is 0 Å². The summed E-state index contributed by atoms with van der Waals surface area (Å²) in [4.78, 5) is 6.93. The lowest BCUT2D eigenvalue weighted by Crippen LogP contribution is -2.49. The molecule has 0 amide bonds. The van der Waals surface area contributed by atoms with Crippen molar-refractivity contribution in [1.82, 2.24) is 10.3 Å². The first-order valence-electron chi connectivity index (χ1n) is 8.19. The zero-order valence-corrected chi connectivity index (χ0v) is 12.5. The van der Waals surface area contributed by atoms with Crippen molar-refractivity contribution in [2.45, 2.75) is 37.6 Å². The third-order valence-electron chi connectivity index (χ3n) is 5.16. The normalized spacial score (nSPS) is 21.8. The van der Waals surface area contributed by atoms with Gasteiger partial charge in [-0.2, -0.15) is 0 Å². The van der Waals surface area contributed by atoms with Crippen LogP contribution in [0.5, 0.6) is 0 Å². The summed E-state index contributed by atoms with van der Waals surface area (Å²) < 4.78 is 0. The largest absolute Gasteiger partial charge is 0.369 e. The average Bonchev–Trinajstić information content (AvgIpc) is 2.87. The van der Waals surface area contributed by atoms with Crippen LogP contribution in [0.15, 0.2) is 36.7 Å². The topological polar surface area (TPSA) is 28.2 Å². The Hall–Kier alpha value is -1.61. The van der Waals surface area contributed by atoms with Gasteiger partial charge in [0.2, 0.25) is 0 Å². The van der Waals surface area contributed by atoms with Crippen LogP contribution in [-0.4, -0.2) is 30.2 Å². The zero-order chi connectivity index (χ0) is 14.1. The molecule has 3 heteroatoms. The van der Waals surface area contributed by atoms with Crippen molar-refractivity contribution in [3.8, 4) is 0 Å². The van der Waals surface area contributed by atoms with Crippen molar-refractivity contribution in [3.05, 3.63) is 36.7 Å². The molecule has 0 bridgehead atoms. The quantitative estimate of drug-likeness (QED) is 0.869. The molecule has 2 fully saturated rings. The maximum Gasteiger partial charge on any atom is 0.0462 e. The van der Waals surface area contributed by atoms with E-state index in [4.69, 9.17) is 0 Å². The zero-order valence-electron chi connectivity index (χ0n) is 12.5. The van der Waals surface area contributed by atoms with Crippen LogP contribution in [-0.2, 0) is 0 Å². The van der Waals surface area contributed by atoms with Crippen LogP contribution in [0, 0.1) is 0 Å². The Morgan fingerprint density at radius 2 is 2.00 bits per heavy atom. The molecule has 1 saturated heterocycles. The Kier molecular flexibility index (Phi) is 3.30. The summed E-state index contributed by atoms with van der Waals surface area (Å²) in [5.74, 6) is 0. The molecule has 21 heavy (non-hydrogen) atoms. The fourth-order valence-electron chi connectivity index (χ4n) is 4.09. The van der Waals surface area contributed by atoms with Gasteiger partial charge in [0.15, 0.2) is 0 Å². The summed E-state index contributed by atoms with van der Waals surface area (Å²) in [6.45, 7) is 3.43. The SMILES string of the molecule is c1cc(N2CCCNC3(CCCC3)C2)c2cnccc2c1. The summed E-state index contributed by atoms with van der Waals surface area (Å²) in [6, 6.07) is 8.73. The van der Waals surface area contributed by atoms with Crippen molar-refractivity contribution in [3.63, 3.8) is 0 Å². The van der Waals surface area contributed by atoms with Gasteiger partial charge in [-0.1, -0.05) is 25.0 Å². The third kappa shape index (κ3) is 2.40.